The number of nitrogens with zero attached hydrogens (tertiary/aromatic N) is 3. The Morgan fingerprint density at radius 3 is 2.65 bits per heavy atom. The van der Waals surface area contributed by atoms with E-state index in [1.165, 1.54) is 27.8 Å². The van der Waals surface area contributed by atoms with Gasteiger partial charge in [0.15, 0.2) is 6.61 Å². The van der Waals surface area contributed by atoms with Crippen LogP contribution in [0.3, 0.4) is 0 Å². The number of carbonyl (C=O) groups is 3. The van der Waals surface area contributed by atoms with Crippen molar-refractivity contribution in [2.45, 2.75) is 32.9 Å². The summed E-state index contributed by atoms with van der Waals surface area (Å²) in [5, 5.41) is 14.4. The summed E-state index contributed by atoms with van der Waals surface area (Å²) in [6.07, 6.45) is -0.628. The predicted octanol–water partition coefficient (Wildman–Crippen LogP) is 3.44. The summed E-state index contributed by atoms with van der Waals surface area (Å²) in [6.45, 7) is 5.15. The van der Waals surface area contributed by atoms with Crippen molar-refractivity contribution in [1.29, 1.82) is 0 Å². The van der Waals surface area contributed by atoms with Crippen LogP contribution in [0.4, 0.5) is 10.5 Å². The second kappa shape index (κ2) is 7.42. The van der Waals surface area contributed by atoms with Gasteiger partial charge in [0, 0.05) is 5.39 Å². The van der Waals surface area contributed by atoms with Gasteiger partial charge in [0.2, 0.25) is 0 Å². The van der Waals surface area contributed by atoms with Gasteiger partial charge in [0.05, 0.1) is 29.0 Å². The molecule has 0 spiro atoms. The molecule has 0 fully saturated rings. The molecule has 0 bridgehead atoms. The fraction of sp³-hybridized carbons (Fsp3) is 0.273. The van der Waals surface area contributed by atoms with Crippen molar-refractivity contribution >= 4 is 34.6 Å². The van der Waals surface area contributed by atoms with Crippen molar-refractivity contribution < 1.29 is 29.0 Å². The zero-order valence-corrected chi connectivity index (χ0v) is 17.3. The first-order chi connectivity index (χ1) is 14.6. The molecule has 4 rings (SSSR count). The fourth-order valence-electron chi connectivity index (χ4n) is 3.35. The van der Waals surface area contributed by atoms with Crippen molar-refractivity contribution in [3.05, 3.63) is 53.7 Å². The summed E-state index contributed by atoms with van der Waals surface area (Å²) in [5.41, 5.74) is 0.699. The van der Waals surface area contributed by atoms with E-state index in [9.17, 15) is 19.5 Å². The molecule has 0 saturated carbocycles. The van der Waals surface area contributed by atoms with Gasteiger partial charge in [-0.3, -0.25) is 9.69 Å². The predicted molar refractivity (Wildman–Crippen MR) is 111 cm³/mol. The van der Waals surface area contributed by atoms with Crippen molar-refractivity contribution in [2.75, 3.05) is 11.5 Å². The van der Waals surface area contributed by atoms with Gasteiger partial charge in [-0.25, -0.2) is 9.59 Å². The minimum absolute atomic E-state index is 0.0335. The smallest absolute Gasteiger partial charge is 0.435 e. The molecule has 0 radical (unpaired) electrons. The van der Waals surface area contributed by atoms with Crippen LogP contribution in [0.25, 0.3) is 10.9 Å². The normalized spacial score (nSPS) is 13.6. The van der Waals surface area contributed by atoms with Crippen LogP contribution in [0.15, 0.2) is 42.5 Å². The van der Waals surface area contributed by atoms with Crippen LogP contribution in [-0.4, -0.2) is 45.1 Å². The number of rotatable bonds is 3. The number of hydrogen-bond donors (Lipinski definition) is 1. The molecule has 9 nitrogen and oxygen atoms in total. The van der Waals surface area contributed by atoms with Gasteiger partial charge in [-0.1, -0.05) is 18.2 Å². The first kappa shape index (κ1) is 20.4. The number of ether oxygens (including phenoxy) is 2. The Labute approximate surface area is 177 Å². The number of benzene rings is 2. The molecule has 3 aromatic rings. The molecule has 9 heteroatoms. The van der Waals surface area contributed by atoms with Gasteiger partial charge in [-0.05, 0) is 45.0 Å². The summed E-state index contributed by atoms with van der Waals surface area (Å²) in [5.74, 6) is -1.05. The Balaban J connectivity index is 1.76. The molecule has 31 heavy (non-hydrogen) atoms. The van der Waals surface area contributed by atoms with E-state index in [4.69, 9.17) is 9.47 Å². The highest BCUT2D eigenvalue weighted by atomic mass is 16.6. The quantitative estimate of drug-likeness (QED) is 0.687. The molecule has 1 aliphatic heterocycles. The first-order valence-corrected chi connectivity index (χ1v) is 9.64. The maximum atomic E-state index is 12.7. The molecule has 2 aromatic carbocycles. The van der Waals surface area contributed by atoms with Crippen molar-refractivity contribution in [3.8, 4) is 5.75 Å². The van der Waals surface area contributed by atoms with E-state index in [-0.39, 0.29) is 24.6 Å². The van der Waals surface area contributed by atoms with Gasteiger partial charge in [-0.15, -0.1) is 0 Å². The van der Waals surface area contributed by atoms with Crippen LogP contribution >= 0.6 is 0 Å². The molecule has 1 aromatic heterocycles. The third kappa shape index (κ3) is 3.94. The summed E-state index contributed by atoms with van der Waals surface area (Å²) in [4.78, 5) is 38.1. The highest BCUT2D eigenvalue weighted by molar-refractivity contribution is 6.00. The van der Waals surface area contributed by atoms with Crippen LogP contribution in [0.1, 0.15) is 36.8 Å². The third-order valence-corrected chi connectivity index (χ3v) is 4.69. The van der Waals surface area contributed by atoms with Crippen molar-refractivity contribution in [2.24, 2.45) is 0 Å². The monoisotopic (exact) mass is 423 g/mol. The van der Waals surface area contributed by atoms with Gasteiger partial charge in [0.25, 0.3) is 5.91 Å². The average Bonchev–Trinajstić information content (AvgIpc) is 3.07. The second-order valence-electron chi connectivity index (χ2n) is 8.11. The van der Waals surface area contributed by atoms with Gasteiger partial charge < -0.3 is 14.6 Å². The number of aromatic carboxylic acids is 1. The molecule has 160 valence electrons. The molecule has 1 N–H and O–H groups in total. The zero-order valence-electron chi connectivity index (χ0n) is 17.3. The van der Waals surface area contributed by atoms with Crippen LogP contribution in [0.5, 0.6) is 5.75 Å². The number of para-hydroxylation sites is 1. The Morgan fingerprint density at radius 1 is 1.19 bits per heavy atom. The van der Waals surface area contributed by atoms with Gasteiger partial charge in [0.1, 0.15) is 11.4 Å². The summed E-state index contributed by atoms with van der Waals surface area (Å²) in [7, 11) is 0. The fourth-order valence-corrected chi connectivity index (χ4v) is 3.35. The highest BCUT2D eigenvalue weighted by Gasteiger charge is 2.29. The van der Waals surface area contributed by atoms with E-state index in [0.717, 1.165) is 0 Å². The molecule has 1 amide bonds. The number of carboxylic acids is 1. The van der Waals surface area contributed by atoms with Crippen LogP contribution in [-0.2, 0) is 16.1 Å². The van der Waals surface area contributed by atoms with Crippen LogP contribution in [0.2, 0.25) is 0 Å². The lowest BCUT2D eigenvalue weighted by molar-refractivity contribution is -0.121. The number of carbonyl (C=O) groups excluding carboxylic acids is 2. The summed E-state index contributed by atoms with van der Waals surface area (Å²) in [6, 6.07) is 11.5. The Bertz CT molecular complexity index is 1210. The van der Waals surface area contributed by atoms with Gasteiger partial charge in [-0.2, -0.15) is 9.78 Å². The Morgan fingerprint density at radius 2 is 1.94 bits per heavy atom. The number of amides is 1. The SMILES string of the molecule is CC(C)(C)OC(=O)n1nc(CN2C(=O)COc3ccc(C(=O)O)cc32)c2ccccc21. The number of anilines is 1. The standard InChI is InChI=1S/C22H21N3O6/c1-22(2,3)31-21(29)25-16-7-5-4-6-14(16)15(23-25)11-24-17-10-13(20(27)28)8-9-18(17)30-12-19(24)26/h4-10H,11-12H2,1-3H3,(H,27,28). The average molecular weight is 423 g/mol. The number of aromatic nitrogens is 2. The lowest BCUT2D eigenvalue weighted by Gasteiger charge is -2.29. The number of carboxylic acid groups (broad SMARTS) is 1. The largest absolute Gasteiger partial charge is 0.482 e. The molecule has 0 unspecified atom stereocenters. The van der Waals surface area contributed by atoms with E-state index in [2.05, 4.69) is 5.10 Å². The second-order valence-corrected chi connectivity index (χ2v) is 8.11. The minimum Gasteiger partial charge on any atom is -0.482 e. The molecular formula is C22H21N3O6. The Hall–Kier alpha value is -3.88. The Kier molecular flexibility index (Phi) is 4.88. The van der Waals surface area contributed by atoms with Crippen molar-refractivity contribution in [1.82, 2.24) is 9.78 Å². The van der Waals surface area contributed by atoms with Crippen molar-refractivity contribution in [3.63, 3.8) is 0 Å². The first-order valence-electron chi connectivity index (χ1n) is 9.64. The van der Waals surface area contributed by atoms with Gasteiger partial charge >= 0.3 is 12.1 Å². The molecule has 0 saturated heterocycles. The lowest BCUT2D eigenvalue weighted by Crippen LogP contribution is -2.38. The van der Waals surface area contributed by atoms with E-state index in [1.54, 1.807) is 39.0 Å². The summed E-state index contributed by atoms with van der Waals surface area (Å²) < 4.78 is 12.1. The molecule has 2 heterocycles. The van der Waals surface area contributed by atoms with Crippen LogP contribution in [0, 0.1) is 0 Å². The molecule has 1 aliphatic rings. The molecule has 0 aliphatic carbocycles. The van der Waals surface area contributed by atoms with E-state index < -0.39 is 17.7 Å². The zero-order chi connectivity index (χ0) is 22.3. The topological polar surface area (TPSA) is 111 Å². The molecular weight excluding hydrogens is 402 g/mol. The van der Waals surface area contributed by atoms with E-state index in [0.29, 0.717) is 28.0 Å². The lowest BCUT2D eigenvalue weighted by atomic mass is 10.1. The molecule has 0 atom stereocenters. The maximum absolute atomic E-state index is 12.7. The van der Waals surface area contributed by atoms with Crippen LogP contribution < -0.4 is 9.64 Å². The highest BCUT2D eigenvalue weighted by Crippen LogP contribution is 2.35. The number of fused-ring (bicyclic) bond motifs is 2. The number of hydrogen-bond acceptors (Lipinski definition) is 6. The summed E-state index contributed by atoms with van der Waals surface area (Å²) >= 11 is 0. The van der Waals surface area contributed by atoms with E-state index in [1.807, 2.05) is 6.07 Å². The third-order valence-electron chi connectivity index (χ3n) is 4.69. The van der Waals surface area contributed by atoms with E-state index >= 15 is 0 Å². The maximum Gasteiger partial charge on any atom is 0.435 e. The minimum atomic E-state index is -1.11.